The van der Waals surface area contributed by atoms with Crippen LogP contribution >= 0.6 is 39.1 Å². The zero-order chi connectivity index (χ0) is 28.7. The Morgan fingerprint density at radius 1 is 1.03 bits per heavy atom. The molecule has 0 saturated heterocycles. The van der Waals surface area contributed by atoms with Crippen LogP contribution < -0.4 is 9.62 Å². The van der Waals surface area contributed by atoms with Crippen molar-refractivity contribution in [3.63, 3.8) is 0 Å². The lowest BCUT2D eigenvalue weighted by atomic mass is 10.1. The number of amides is 2. The number of carbonyl (C=O) groups excluding carboxylic acids is 2. The summed E-state index contributed by atoms with van der Waals surface area (Å²) in [5.74, 6) is -0.922. The van der Waals surface area contributed by atoms with Gasteiger partial charge in [-0.25, -0.2) is 8.42 Å². The molecule has 1 N–H and O–H groups in total. The summed E-state index contributed by atoms with van der Waals surface area (Å²) in [6.45, 7) is 5.32. The number of aryl methyl sites for hydroxylation is 1. The molecule has 0 aromatic heterocycles. The van der Waals surface area contributed by atoms with E-state index in [9.17, 15) is 18.0 Å². The van der Waals surface area contributed by atoms with Gasteiger partial charge in [-0.15, -0.1) is 0 Å². The van der Waals surface area contributed by atoms with E-state index in [4.69, 9.17) is 23.2 Å². The number of halogens is 3. The molecule has 11 heteroatoms. The molecule has 0 saturated carbocycles. The maximum atomic E-state index is 13.9. The Morgan fingerprint density at radius 2 is 1.69 bits per heavy atom. The first-order valence-electron chi connectivity index (χ1n) is 12.3. The van der Waals surface area contributed by atoms with Crippen LogP contribution in [0.1, 0.15) is 31.4 Å². The number of carbonyl (C=O) groups is 2. The van der Waals surface area contributed by atoms with Crippen LogP contribution in [0.15, 0.2) is 76.1 Å². The van der Waals surface area contributed by atoms with E-state index in [1.54, 1.807) is 25.1 Å². The fraction of sp³-hybridized carbons (Fsp3) is 0.286. The third-order valence-corrected chi connectivity index (χ3v) is 9.12. The number of anilines is 1. The van der Waals surface area contributed by atoms with Gasteiger partial charge in [-0.3, -0.25) is 13.9 Å². The van der Waals surface area contributed by atoms with Crippen LogP contribution in [0.2, 0.25) is 10.0 Å². The Labute approximate surface area is 248 Å². The SMILES string of the molecule is CCCNC(=O)C(C)N(Cc1cccc(Br)c1)C(=O)CN(c1cccc(Cl)c1Cl)S(=O)(=O)c1ccc(C)cc1. The van der Waals surface area contributed by atoms with Gasteiger partial charge in [-0.2, -0.15) is 0 Å². The molecule has 0 aliphatic rings. The standard InChI is InChI=1S/C28H30BrCl2N3O4S/c1-4-15-32-28(36)20(3)33(17-21-7-5-8-22(29)16-21)26(35)18-34(25-10-6-9-24(30)27(25)31)39(37,38)23-13-11-19(2)12-14-23/h5-14,16,20H,4,15,17-18H2,1-3H3,(H,32,36). The third kappa shape index (κ3) is 7.75. The maximum absolute atomic E-state index is 13.9. The average molecular weight is 655 g/mol. The first-order valence-corrected chi connectivity index (χ1v) is 15.3. The van der Waals surface area contributed by atoms with Crippen molar-refractivity contribution >= 4 is 66.7 Å². The van der Waals surface area contributed by atoms with Crippen LogP contribution in [-0.4, -0.2) is 44.3 Å². The van der Waals surface area contributed by atoms with Gasteiger partial charge in [0.2, 0.25) is 11.8 Å². The number of sulfonamides is 1. The quantitative estimate of drug-likeness (QED) is 0.267. The fourth-order valence-corrected chi connectivity index (χ4v) is 6.17. The lowest BCUT2D eigenvalue weighted by Crippen LogP contribution is -2.51. The second kappa shape index (κ2) is 13.7. The summed E-state index contributed by atoms with van der Waals surface area (Å²) in [5.41, 5.74) is 1.70. The second-order valence-corrected chi connectivity index (χ2v) is 12.6. The summed E-state index contributed by atoms with van der Waals surface area (Å²) < 4.78 is 29.5. The van der Waals surface area contributed by atoms with Crippen molar-refractivity contribution in [1.29, 1.82) is 0 Å². The van der Waals surface area contributed by atoms with Gasteiger partial charge in [0.05, 0.1) is 20.6 Å². The number of hydrogen-bond acceptors (Lipinski definition) is 4. The zero-order valence-corrected chi connectivity index (χ0v) is 25.7. The number of benzene rings is 3. The number of hydrogen-bond donors (Lipinski definition) is 1. The van der Waals surface area contributed by atoms with Gasteiger partial charge in [0, 0.05) is 17.6 Å². The average Bonchev–Trinajstić information content (AvgIpc) is 2.90. The van der Waals surface area contributed by atoms with Crippen molar-refractivity contribution in [2.45, 2.75) is 44.7 Å². The highest BCUT2D eigenvalue weighted by Gasteiger charge is 2.33. The van der Waals surface area contributed by atoms with Gasteiger partial charge in [-0.1, -0.05) is 82.0 Å². The third-order valence-electron chi connectivity index (χ3n) is 6.05. The number of rotatable bonds is 11. The monoisotopic (exact) mass is 653 g/mol. The topological polar surface area (TPSA) is 86.8 Å². The second-order valence-electron chi connectivity index (χ2n) is 9.02. The molecule has 208 valence electrons. The Hall–Kier alpha value is -2.59. The van der Waals surface area contributed by atoms with Crippen molar-refractivity contribution < 1.29 is 18.0 Å². The summed E-state index contributed by atoms with van der Waals surface area (Å²) in [4.78, 5) is 28.2. The lowest BCUT2D eigenvalue weighted by Gasteiger charge is -2.32. The summed E-state index contributed by atoms with van der Waals surface area (Å²) >= 11 is 16.1. The molecule has 39 heavy (non-hydrogen) atoms. The van der Waals surface area contributed by atoms with Crippen LogP contribution in [0.3, 0.4) is 0 Å². The van der Waals surface area contributed by atoms with Crippen LogP contribution in [0.5, 0.6) is 0 Å². The minimum Gasteiger partial charge on any atom is -0.354 e. The summed E-state index contributed by atoms with van der Waals surface area (Å²) in [6, 6.07) is 17.3. The van der Waals surface area contributed by atoms with Crippen molar-refractivity contribution in [2.75, 3.05) is 17.4 Å². The van der Waals surface area contributed by atoms with Crippen LogP contribution in [0.4, 0.5) is 5.69 Å². The molecule has 0 fully saturated rings. The summed E-state index contributed by atoms with van der Waals surface area (Å²) in [7, 11) is -4.24. The minimum atomic E-state index is -4.24. The van der Waals surface area contributed by atoms with E-state index >= 15 is 0 Å². The molecule has 1 atom stereocenters. The Balaban J connectivity index is 2.06. The molecule has 7 nitrogen and oxygen atoms in total. The number of nitrogens with zero attached hydrogens (tertiary/aromatic N) is 2. The van der Waals surface area contributed by atoms with Gasteiger partial charge in [0.1, 0.15) is 12.6 Å². The lowest BCUT2D eigenvalue weighted by molar-refractivity contribution is -0.139. The van der Waals surface area contributed by atoms with E-state index < -0.39 is 28.5 Å². The number of nitrogens with one attached hydrogen (secondary N) is 1. The molecule has 3 aromatic rings. The van der Waals surface area contributed by atoms with E-state index in [2.05, 4.69) is 21.2 Å². The highest BCUT2D eigenvalue weighted by Crippen LogP contribution is 2.35. The maximum Gasteiger partial charge on any atom is 0.264 e. The predicted molar refractivity (Wildman–Crippen MR) is 160 cm³/mol. The molecular weight excluding hydrogens is 625 g/mol. The van der Waals surface area contributed by atoms with E-state index in [1.165, 1.54) is 29.2 Å². The Bertz CT molecular complexity index is 1430. The van der Waals surface area contributed by atoms with Crippen molar-refractivity contribution in [3.05, 3.63) is 92.4 Å². The minimum absolute atomic E-state index is 0.00469. The normalized spacial score (nSPS) is 12.1. The van der Waals surface area contributed by atoms with E-state index in [0.29, 0.717) is 6.54 Å². The predicted octanol–water partition coefficient (Wildman–Crippen LogP) is 6.20. The van der Waals surface area contributed by atoms with Gasteiger partial charge in [-0.05, 0) is 62.2 Å². The molecule has 3 aromatic carbocycles. The molecule has 1 unspecified atom stereocenters. The van der Waals surface area contributed by atoms with Gasteiger partial charge < -0.3 is 10.2 Å². The molecule has 0 radical (unpaired) electrons. The van der Waals surface area contributed by atoms with E-state index in [0.717, 1.165) is 26.3 Å². The zero-order valence-electron chi connectivity index (χ0n) is 21.8. The molecule has 2 amide bonds. The summed E-state index contributed by atoms with van der Waals surface area (Å²) in [6.07, 6.45) is 0.730. The van der Waals surface area contributed by atoms with Gasteiger partial charge in [0.25, 0.3) is 10.0 Å². The smallest absolute Gasteiger partial charge is 0.264 e. The molecule has 0 spiro atoms. The molecule has 0 bridgehead atoms. The van der Waals surface area contributed by atoms with Gasteiger partial charge in [0.15, 0.2) is 0 Å². The first-order chi connectivity index (χ1) is 18.4. The highest BCUT2D eigenvalue weighted by atomic mass is 79.9. The van der Waals surface area contributed by atoms with Crippen molar-refractivity contribution in [1.82, 2.24) is 10.2 Å². The van der Waals surface area contributed by atoms with Crippen molar-refractivity contribution in [2.24, 2.45) is 0 Å². The van der Waals surface area contributed by atoms with Crippen LogP contribution in [0, 0.1) is 6.92 Å². The van der Waals surface area contributed by atoms with Crippen LogP contribution in [-0.2, 0) is 26.2 Å². The fourth-order valence-electron chi connectivity index (χ4n) is 3.85. The van der Waals surface area contributed by atoms with Crippen molar-refractivity contribution in [3.8, 4) is 0 Å². The molecule has 0 aliphatic heterocycles. The molecule has 3 rings (SSSR count). The molecule has 0 aliphatic carbocycles. The van der Waals surface area contributed by atoms with Gasteiger partial charge >= 0.3 is 0 Å². The summed E-state index contributed by atoms with van der Waals surface area (Å²) in [5, 5.41) is 2.95. The molecule has 0 heterocycles. The molecular formula is C28H30BrCl2N3O4S. The highest BCUT2D eigenvalue weighted by molar-refractivity contribution is 9.10. The Morgan fingerprint density at radius 3 is 2.33 bits per heavy atom. The van der Waals surface area contributed by atoms with Crippen LogP contribution in [0.25, 0.3) is 0 Å². The first kappa shape index (κ1) is 30.9. The largest absolute Gasteiger partial charge is 0.354 e. The Kier molecular flexibility index (Phi) is 10.8. The van der Waals surface area contributed by atoms with E-state index in [-0.39, 0.29) is 33.1 Å². The van der Waals surface area contributed by atoms with E-state index in [1.807, 2.05) is 38.1 Å².